The second kappa shape index (κ2) is 6.88. The molecule has 7 heteroatoms. The van der Waals surface area contributed by atoms with Gasteiger partial charge in [-0.1, -0.05) is 0 Å². The van der Waals surface area contributed by atoms with Crippen molar-refractivity contribution in [1.82, 2.24) is 19.9 Å². The molecule has 7 nitrogen and oxygen atoms in total. The Bertz CT molecular complexity index is 807. The fraction of sp³-hybridized carbons (Fsp3) is 0.333. The molecule has 0 N–H and O–H groups in total. The molecule has 0 fully saturated rings. The molecule has 0 spiro atoms. The van der Waals surface area contributed by atoms with Gasteiger partial charge in [0, 0.05) is 11.9 Å². The first kappa shape index (κ1) is 15.6. The van der Waals surface area contributed by atoms with Gasteiger partial charge < -0.3 is 13.7 Å². The van der Waals surface area contributed by atoms with Crippen LogP contribution in [0.5, 0.6) is 0 Å². The van der Waals surface area contributed by atoms with E-state index in [0.717, 1.165) is 31.4 Å². The van der Waals surface area contributed by atoms with E-state index in [2.05, 4.69) is 15.0 Å². The summed E-state index contributed by atoms with van der Waals surface area (Å²) in [6.45, 7) is 0.665. The van der Waals surface area contributed by atoms with Crippen LogP contribution < -0.4 is 0 Å². The highest BCUT2D eigenvalue weighted by atomic mass is 16.3. The van der Waals surface area contributed by atoms with Gasteiger partial charge in [-0.15, -0.1) is 0 Å². The molecule has 3 heterocycles. The van der Waals surface area contributed by atoms with Crippen LogP contribution in [-0.4, -0.2) is 25.8 Å². The summed E-state index contributed by atoms with van der Waals surface area (Å²) >= 11 is 0. The van der Waals surface area contributed by atoms with Gasteiger partial charge in [-0.05, 0) is 37.3 Å². The van der Waals surface area contributed by atoms with Crippen molar-refractivity contribution in [3.63, 3.8) is 0 Å². The first-order valence-electron chi connectivity index (χ1n) is 8.31. The second-order valence-electron chi connectivity index (χ2n) is 6.16. The van der Waals surface area contributed by atoms with Crippen molar-refractivity contribution in [2.24, 2.45) is 0 Å². The maximum absolute atomic E-state index is 13.1. The van der Waals surface area contributed by atoms with Gasteiger partial charge in [-0.2, -0.15) is 0 Å². The highest BCUT2D eigenvalue weighted by Crippen LogP contribution is 2.21. The maximum Gasteiger partial charge on any atom is 0.256 e. The summed E-state index contributed by atoms with van der Waals surface area (Å²) in [5, 5.41) is 0. The van der Waals surface area contributed by atoms with E-state index in [1.165, 1.54) is 30.9 Å². The van der Waals surface area contributed by atoms with E-state index < -0.39 is 0 Å². The number of nitrogens with zero attached hydrogens (tertiary/aromatic N) is 4. The number of hydrogen-bond acceptors (Lipinski definition) is 6. The van der Waals surface area contributed by atoms with Gasteiger partial charge in [-0.25, -0.2) is 9.97 Å². The van der Waals surface area contributed by atoms with Crippen LogP contribution in [0, 0.1) is 0 Å². The van der Waals surface area contributed by atoms with Crippen molar-refractivity contribution in [2.75, 3.05) is 0 Å². The van der Waals surface area contributed by atoms with Crippen molar-refractivity contribution in [3.05, 3.63) is 65.8 Å². The van der Waals surface area contributed by atoms with Crippen molar-refractivity contribution < 1.29 is 13.6 Å². The normalized spacial score (nSPS) is 13.4. The largest absolute Gasteiger partial charge is 0.451 e. The van der Waals surface area contributed by atoms with E-state index in [9.17, 15) is 4.79 Å². The maximum atomic E-state index is 13.1. The second-order valence-corrected chi connectivity index (χ2v) is 6.16. The van der Waals surface area contributed by atoms with E-state index in [1.807, 2.05) is 6.07 Å². The van der Waals surface area contributed by atoms with E-state index in [4.69, 9.17) is 8.83 Å². The van der Waals surface area contributed by atoms with Gasteiger partial charge in [0.15, 0.2) is 12.8 Å². The third-order valence-electron chi connectivity index (χ3n) is 4.38. The van der Waals surface area contributed by atoms with E-state index >= 15 is 0 Å². The summed E-state index contributed by atoms with van der Waals surface area (Å²) in [6, 6.07) is 1.97. The molecule has 0 aliphatic heterocycles. The summed E-state index contributed by atoms with van der Waals surface area (Å²) in [7, 11) is 0. The van der Waals surface area contributed by atoms with Gasteiger partial charge in [0.1, 0.15) is 12.5 Å². The van der Waals surface area contributed by atoms with E-state index in [0.29, 0.717) is 30.0 Å². The number of aryl methyl sites for hydroxylation is 2. The van der Waals surface area contributed by atoms with Crippen LogP contribution in [-0.2, 0) is 25.9 Å². The number of carbonyl (C=O) groups is 1. The first-order chi connectivity index (χ1) is 12.3. The lowest BCUT2D eigenvalue weighted by Gasteiger charge is -2.22. The molecule has 25 heavy (non-hydrogen) atoms. The number of aromatic nitrogens is 3. The summed E-state index contributed by atoms with van der Waals surface area (Å²) < 4.78 is 10.0. The van der Waals surface area contributed by atoms with Gasteiger partial charge in [0.05, 0.1) is 30.0 Å². The number of oxazole rings is 2. The lowest BCUT2D eigenvalue weighted by molar-refractivity contribution is 0.0725. The van der Waals surface area contributed by atoms with Crippen molar-refractivity contribution in [3.8, 4) is 0 Å². The monoisotopic (exact) mass is 338 g/mol. The Morgan fingerprint density at radius 3 is 2.32 bits per heavy atom. The molecule has 0 saturated heterocycles. The molecule has 128 valence electrons. The van der Waals surface area contributed by atoms with Crippen LogP contribution in [0.1, 0.15) is 45.8 Å². The van der Waals surface area contributed by atoms with Crippen molar-refractivity contribution in [2.45, 2.75) is 38.8 Å². The molecule has 3 aromatic rings. The SMILES string of the molecule is O=C(c1cnc2c(c1)CCCC2)N(Cc1cocn1)Cc1cocn1. The van der Waals surface area contributed by atoms with Crippen LogP contribution >= 0.6 is 0 Å². The number of amides is 1. The van der Waals surface area contributed by atoms with E-state index in [-0.39, 0.29) is 5.91 Å². The predicted molar refractivity (Wildman–Crippen MR) is 87.5 cm³/mol. The van der Waals surface area contributed by atoms with Gasteiger partial charge in [-0.3, -0.25) is 9.78 Å². The molecule has 1 aliphatic carbocycles. The van der Waals surface area contributed by atoms with Crippen LogP contribution in [0.4, 0.5) is 0 Å². The topological polar surface area (TPSA) is 85.3 Å². The first-order valence-corrected chi connectivity index (χ1v) is 8.31. The molecular formula is C18H18N4O3. The summed E-state index contributed by atoms with van der Waals surface area (Å²) in [5.41, 5.74) is 4.25. The van der Waals surface area contributed by atoms with E-state index in [1.54, 1.807) is 11.1 Å². The Hall–Kier alpha value is -2.96. The molecule has 0 unspecified atom stereocenters. The lowest BCUT2D eigenvalue weighted by Crippen LogP contribution is -2.30. The molecule has 1 amide bonds. The Labute approximate surface area is 144 Å². The number of carbonyl (C=O) groups excluding carboxylic acids is 1. The molecule has 0 radical (unpaired) electrons. The van der Waals surface area contributed by atoms with Crippen LogP contribution in [0.3, 0.4) is 0 Å². The fourth-order valence-corrected chi connectivity index (χ4v) is 3.11. The molecule has 3 aromatic heterocycles. The lowest BCUT2D eigenvalue weighted by atomic mass is 9.95. The highest BCUT2D eigenvalue weighted by Gasteiger charge is 2.21. The Balaban J connectivity index is 1.60. The Kier molecular flexibility index (Phi) is 4.28. The van der Waals surface area contributed by atoms with Crippen LogP contribution in [0.2, 0.25) is 0 Å². The third kappa shape index (κ3) is 3.45. The Morgan fingerprint density at radius 1 is 1.00 bits per heavy atom. The third-order valence-corrected chi connectivity index (χ3v) is 4.38. The summed E-state index contributed by atoms with van der Waals surface area (Å²) in [4.78, 5) is 27.4. The minimum atomic E-state index is -0.105. The highest BCUT2D eigenvalue weighted by molar-refractivity contribution is 5.94. The Morgan fingerprint density at radius 2 is 1.68 bits per heavy atom. The van der Waals surface area contributed by atoms with Gasteiger partial charge in [0.2, 0.25) is 0 Å². The zero-order valence-electron chi connectivity index (χ0n) is 13.7. The zero-order chi connectivity index (χ0) is 17.1. The molecular weight excluding hydrogens is 320 g/mol. The quantitative estimate of drug-likeness (QED) is 0.711. The average molecular weight is 338 g/mol. The average Bonchev–Trinajstić information content (AvgIpc) is 3.34. The number of rotatable bonds is 5. The predicted octanol–water partition coefficient (Wildman–Crippen LogP) is 2.78. The number of fused-ring (bicyclic) bond motifs is 1. The summed E-state index contributed by atoms with van der Waals surface area (Å²) in [6.07, 6.45) is 11.7. The molecule has 0 atom stereocenters. The van der Waals surface area contributed by atoms with Gasteiger partial charge in [0.25, 0.3) is 5.91 Å². The van der Waals surface area contributed by atoms with Crippen LogP contribution in [0.25, 0.3) is 0 Å². The number of pyridine rings is 1. The molecule has 0 bridgehead atoms. The summed E-state index contributed by atoms with van der Waals surface area (Å²) in [5.74, 6) is -0.105. The minimum Gasteiger partial charge on any atom is -0.451 e. The smallest absolute Gasteiger partial charge is 0.256 e. The molecule has 1 aliphatic rings. The standard InChI is InChI=1S/C18H18N4O3/c23-18(14-5-13-3-1-2-4-17(13)19-6-14)22(7-15-9-24-11-20-15)8-16-10-25-12-21-16/h5-6,9-12H,1-4,7-8H2. The van der Waals surface area contributed by atoms with Crippen molar-refractivity contribution >= 4 is 5.91 Å². The number of hydrogen-bond donors (Lipinski definition) is 0. The van der Waals surface area contributed by atoms with Crippen molar-refractivity contribution in [1.29, 1.82) is 0 Å². The minimum absolute atomic E-state index is 0.105. The molecule has 0 saturated carbocycles. The fourth-order valence-electron chi connectivity index (χ4n) is 3.11. The van der Waals surface area contributed by atoms with Gasteiger partial charge >= 0.3 is 0 Å². The molecule has 4 rings (SSSR count). The molecule has 0 aromatic carbocycles. The van der Waals surface area contributed by atoms with Crippen LogP contribution in [0.15, 0.2) is 46.4 Å². The zero-order valence-corrected chi connectivity index (χ0v) is 13.7.